The maximum atomic E-state index is 12.5. The normalized spacial score (nSPS) is 13.2. The Morgan fingerprint density at radius 3 is 2.41 bits per heavy atom. The highest BCUT2D eigenvalue weighted by Gasteiger charge is 2.31. The molecule has 0 amide bonds. The molecule has 1 aromatic carbocycles. The molecule has 0 unspecified atom stereocenters. The summed E-state index contributed by atoms with van der Waals surface area (Å²) in [6.07, 6.45) is -3.47. The first kappa shape index (κ1) is 12.3. The monoisotopic (exact) mass is 283 g/mol. The summed E-state index contributed by atoms with van der Waals surface area (Å²) in [6.45, 7) is 0. The Kier molecular flexibility index (Phi) is 2.62. The topological polar surface area (TPSA) is 49.9 Å². The van der Waals surface area contributed by atoms with Gasteiger partial charge in [-0.05, 0) is 18.2 Å². The summed E-state index contributed by atoms with van der Waals surface area (Å²) in [4.78, 5) is 2.18. The third kappa shape index (κ3) is 2.25. The zero-order valence-electron chi connectivity index (χ0n) is 8.05. The van der Waals surface area contributed by atoms with Crippen LogP contribution < -0.4 is 0 Å². The van der Waals surface area contributed by atoms with Crippen LogP contribution in [-0.4, -0.2) is 13.4 Å². The first-order valence-corrected chi connectivity index (χ1v) is 6.63. The minimum absolute atomic E-state index is 0.0742. The molecular weight excluding hydrogens is 279 g/mol. The first-order chi connectivity index (χ1) is 7.69. The van der Waals surface area contributed by atoms with Crippen LogP contribution in [-0.2, 0) is 15.2 Å². The molecule has 0 aliphatic heterocycles. The van der Waals surface area contributed by atoms with Gasteiger partial charge < -0.3 is 4.98 Å². The van der Waals surface area contributed by atoms with Crippen LogP contribution in [0.3, 0.4) is 0 Å². The molecule has 17 heavy (non-hydrogen) atoms. The molecule has 0 radical (unpaired) electrons. The van der Waals surface area contributed by atoms with Gasteiger partial charge in [0.2, 0.25) is 0 Å². The van der Waals surface area contributed by atoms with Crippen molar-refractivity contribution in [1.29, 1.82) is 0 Å². The second-order valence-electron chi connectivity index (χ2n) is 3.35. The van der Waals surface area contributed by atoms with Gasteiger partial charge in [-0.25, -0.2) is 8.42 Å². The second-order valence-corrected chi connectivity index (χ2v) is 5.88. The molecule has 0 spiro atoms. The van der Waals surface area contributed by atoms with Crippen LogP contribution in [0, 0.1) is 0 Å². The molecule has 0 saturated heterocycles. The molecule has 1 aromatic heterocycles. The molecule has 0 aliphatic rings. The van der Waals surface area contributed by atoms with Crippen molar-refractivity contribution in [3.8, 4) is 0 Å². The van der Waals surface area contributed by atoms with Crippen molar-refractivity contribution >= 4 is 30.6 Å². The van der Waals surface area contributed by atoms with Crippen LogP contribution >= 0.6 is 10.7 Å². The van der Waals surface area contributed by atoms with Crippen molar-refractivity contribution in [1.82, 2.24) is 4.98 Å². The van der Waals surface area contributed by atoms with Gasteiger partial charge in [0, 0.05) is 27.8 Å². The van der Waals surface area contributed by atoms with E-state index in [9.17, 15) is 21.6 Å². The molecule has 8 heteroatoms. The summed E-state index contributed by atoms with van der Waals surface area (Å²) in [6, 6.07) is 2.77. The number of hydrogen-bond donors (Lipinski definition) is 1. The maximum Gasteiger partial charge on any atom is 0.416 e. The Balaban J connectivity index is 2.76. The average Bonchev–Trinajstić information content (AvgIpc) is 2.57. The number of nitrogens with one attached hydrogen (secondary N) is 1. The van der Waals surface area contributed by atoms with Gasteiger partial charge in [0.05, 0.1) is 5.56 Å². The van der Waals surface area contributed by atoms with E-state index in [0.717, 1.165) is 24.4 Å². The number of hydrogen-bond acceptors (Lipinski definition) is 2. The van der Waals surface area contributed by atoms with E-state index in [1.54, 1.807) is 0 Å². The predicted molar refractivity (Wildman–Crippen MR) is 56.3 cm³/mol. The fraction of sp³-hybridized carbons (Fsp3) is 0.111. The van der Waals surface area contributed by atoms with E-state index in [0.29, 0.717) is 0 Å². The summed E-state index contributed by atoms with van der Waals surface area (Å²) in [5, 5.41) is -0.0742. The Hall–Kier alpha value is -1.21. The molecule has 0 atom stereocenters. The van der Waals surface area contributed by atoms with Crippen LogP contribution in [0.15, 0.2) is 29.3 Å². The van der Waals surface area contributed by atoms with Crippen LogP contribution in [0.1, 0.15) is 5.56 Å². The second kappa shape index (κ2) is 3.64. The largest absolute Gasteiger partial charge is 0.416 e. The summed E-state index contributed by atoms with van der Waals surface area (Å²) < 4.78 is 59.6. The lowest BCUT2D eigenvalue weighted by Crippen LogP contribution is -2.04. The van der Waals surface area contributed by atoms with E-state index >= 15 is 0 Å². The number of alkyl halides is 3. The minimum Gasteiger partial charge on any atom is -0.360 e. The van der Waals surface area contributed by atoms with Crippen LogP contribution in [0.4, 0.5) is 13.2 Å². The third-order valence-electron chi connectivity index (χ3n) is 2.23. The summed E-state index contributed by atoms with van der Waals surface area (Å²) >= 11 is 0. The molecule has 2 rings (SSSR count). The van der Waals surface area contributed by atoms with Gasteiger partial charge >= 0.3 is 6.18 Å². The summed E-state index contributed by atoms with van der Waals surface area (Å²) in [7, 11) is 1.04. The van der Waals surface area contributed by atoms with E-state index in [2.05, 4.69) is 4.98 Å². The molecule has 0 aliphatic carbocycles. The van der Waals surface area contributed by atoms with Crippen molar-refractivity contribution in [2.45, 2.75) is 11.1 Å². The smallest absolute Gasteiger partial charge is 0.360 e. The molecular formula is C9H5ClF3NO2S. The number of benzene rings is 1. The van der Waals surface area contributed by atoms with E-state index in [1.807, 2.05) is 0 Å². The molecule has 0 bridgehead atoms. The number of fused-ring (bicyclic) bond motifs is 1. The lowest BCUT2D eigenvalue weighted by molar-refractivity contribution is -0.137. The molecule has 92 valence electrons. The minimum atomic E-state index is -4.53. The summed E-state index contributed by atoms with van der Waals surface area (Å²) in [5.74, 6) is 0. The van der Waals surface area contributed by atoms with E-state index < -0.39 is 20.8 Å². The van der Waals surface area contributed by atoms with Gasteiger partial charge in [-0.2, -0.15) is 13.2 Å². The lowest BCUT2D eigenvalue weighted by Gasteiger charge is -2.06. The molecule has 3 nitrogen and oxygen atoms in total. The standard InChI is InChI=1S/C9H5ClF3NO2S/c10-17(15,16)8-4-14-7-2-1-5(3-6(7)8)9(11,12)13/h1-4,14H. The number of halogens is 4. The zero-order chi connectivity index (χ0) is 12.8. The van der Waals surface area contributed by atoms with Crippen molar-refractivity contribution in [3.63, 3.8) is 0 Å². The molecule has 1 heterocycles. The highest BCUT2D eigenvalue weighted by molar-refractivity contribution is 8.14. The number of aromatic amines is 1. The van der Waals surface area contributed by atoms with Crippen molar-refractivity contribution < 1.29 is 21.6 Å². The Bertz CT molecular complexity index is 675. The van der Waals surface area contributed by atoms with E-state index in [1.165, 1.54) is 0 Å². The van der Waals surface area contributed by atoms with Crippen molar-refractivity contribution in [3.05, 3.63) is 30.0 Å². The Morgan fingerprint density at radius 2 is 1.88 bits per heavy atom. The Labute approximate surface area is 98.6 Å². The number of H-pyrrole nitrogens is 1. The molecule has 2 aromatic rings. The third-order valence-corrected chi connectivity index (χ3v) is 3.60. The first-order valence-electron chi connectivity index (χ1n) is 4.32. The van der Waals surface area contributed by atoms with E-state index in [-0.39, 0.29) is 15.8 Å². The van der Waals surface area contributed by atoms with Crippen molar-refractivity contribution in [2.24, 2.45) is 0 Å². The number of aromatic nitrogens is 1. The van der Waals surface area contributed by atoms with Crippen LogP contribution in [0.25, 0.3) is 10.9 Å². The van der Waals surface area contributed by atoms with Gasteiger partial charge in [0.15, 0.2) is 0 Å². The zero-order valence-corrected chi connectivity index (χ0v) is 9.62. The van der Waals surface area contributed by atoms with Gasteiger partial charge in [-0.3, -0.25) is 0 Å². The van der Waals surface area contributed by atoms with E-state index in [4.69, 9.17) is 10.7 Å². The van der Waals surface area contributed by atoms with Gasteiger partial charge in [0.1, 0.15) is 4.90 Å². The lowest BCUT2D eigenvalue weighted by atomic mass is 10.1. The van der Waals surface area contributed by atoms with Gasteiger partial charge in [0.25, 0.3) is 9.05 Å². The predicted octanol–water partition coefficient (Wildman–Crippen LogP) is 3.11. The molecule has 0 fully saturated rings. The molecule has 0 saturated carbocycles. The van der Waals surface area contributed by atoms with Crippen LogP contribution in [0.2, 0.25) is 0 Å². The average molecular weight is 284 g/mol. The SMILES string of the molecule is O=S(=O)(Cl)c1c[nH]c2ccc(C(F)(F)F)cc12. The fourth-order valence-electron chi connectivity index (χ4n) is 1.47. The number of rotatable bonds is 1. The van der Waals surface area contributed by atoms with Crippen LogP contribution in [0.5, 0.6) is 0 Å². The van der Waals surface area contributed by atoms with Gasteiger partial charge in [-0.15, -0.1) is 0 Å². The molecule has 1 N–H and O–H groups in total. The maximum absolute atomic E-state index is 12.5. The quantitative estimate of drug-likeness (QED) is 0.818. The van der Waals surface area contributed by atoms with Crippen molar-refractivity contribution in [2.75, 3.05) is 0 Å². The highest BCUT2D eigenvalue weighted by Crippen LogP contribution is 2.33. The summed E-state index contributed by atoms with van der Waals surface area (Å²) in [5.41, 5.74) is -0.650. The fourth-order valence-corrected chi connectivity index (χ4v) is 2.49. The highest BCUT2D eigenvalue weighted by atomic mass is 35.7. The van der Waals surface area contributed by atoms with Gasteiger partial charge in [-0.1, -0.05) is 0 Å². The Morgan fingerprint density at radius 1 is 1.24 bits per heavy atom.